The molecular weight excluding hydrogens is 684 g/mol. The number of hydrogen-bond donors (Lipinski definition) is 1. The molecule has 9 nitrogen and oxygen atoms in total. The lowest BCUT2D eigenvalue weighted by Crippen LogP contribution is -2.30. The summed E-state index contributed by atoms with van der Waals surface area (Å²) >= 11 is 4.74. The molecule has 0 saturated carbocycles. The molecular formula is C36H29BrN2O7S. The minimum Gasteiger partial charge on any atom is -0.478 e. The van der Waals surface area contributed by atoms with Crippen molar-refractivity contribution in [2.75, 3.05) is 13.2 Å². The predicted octanol–water partition coefficient (Wildman–Crippen LogP) is 7.24. The third kappa shape index (κ3) is 6.41. The number of hydrogen-bond acceptors (Lipinski definition) is 7. The van der Waals surface area contributed by atoms with Gasteiger partial charge in [-0.1, -0.05) is 36.4 Å². The normalized spacial score (nSPS) is 12.5. The Morgan fingerprint density at radius 2 is 1.51 bits per heavy atom. The first kappa shape index (κ1) is 32.1. The van der Waals surface area contributed by atoms with E-state index in [0.29, 0.717) is 50.3 Å². The number of imide groups is 1. The minimum atomic E-state index is -1.01. The highest BCUT2D eigenvalue weighted by Crippen LogP contribution is 2.33. The number of ketones is 1. The van der Waals surface area contributed by atoms with Gasteiger partial charge < -0.3 is 14.4 Å². The summed E-state index contributed by atoms with van der Waals surface area (Å²) in [5.74, 6) is -2.14. The van der Waals surface area contributed by atoms with Crippen molar-refractivity contribution in [2.24, 2.45) is 0 Å². The molecule has 0 atom stereocenters. The summed E-state index contributed by atoms with van der Waals surface area (Å²) in [7, 11) is 0. The maximum Gasteiger partial charge on any atom is 0.335 e. The number of aromatic nitrogens is 1. The molecule has 1 aliphatic rings. The Kier molecular flexibility index (Phi) is 9.19. The number of esters is 1. The van der Waals surface area contributed by atoms with Gasteiger partial charge in [-0.15, -0.1) is 11.3 Å². The third-order valence-corrected chi connectivity index (χ3v) is 10.1. The predicted molar refractivity (Wildman–Crippen MR) is 181 cm³/mol. The smallest absolute Gasteiger partial charge is 0.335 e. The van der Waals surface area contributed by atoms with Crippen LogP contribution in [0.15, 0.2) is 82.6 Å². The number of amides is 2. The molecule has 0 aliphatic carbocycles. The molecule has 1 N–H and O–H groups in total. The van der Waals surface area contributed by atoms with Crippen molar-refractivity contribution in [3.63, 3.8) is 0 Å². The topological polar surface area (TPSA) is 123 Å². The van der Waals surface area contributed by atoms with Crippen LogP contribution < -0.4 is 0 Å². The Balaban J connectivity index is 1.28. The first-order valence-corrected chi connectivity index (χ1v) is 16.7. The lowest BCUT2D eigenvalue weighted by molar-refractivity contribution is -0.142. The molecule has 47 heavy (non-hydrogen) atoms. The highest BCUT2D eigenvalue weighted by atomic mass is 79.9. The van der Waals surface area contributed by atoms with E-state index in [1.54, 1.807) is 67.6 Å². The number of rotatable bonds is 12. The molecule has 2 aromatic heterocycles. The Morgan fingerprint density at radius 3 is 2.17 bits per heavy atom. The fraction of sp³-hybridized carbons (Fsp3) is 0.194. The van der Waals surface area contributed by atoms with E-state index in [2.05, 4.69) is 20.5 Å². The van der Waals surface area contributed by atoms with Crippen LogP contribution in [-0.4, -0.2) is 57.3 Å². The molecule has 1 aliphatic heterocycles. The number of ether oxygens (including phenoxy) is 1. The molecule has 6 rings (SSSR count). The van der Waals surface area contributed by atoms with E-state index in [0.717, 1.165) is 22.2 Å². The molecule has 0 unspecified atom stereocenters. The Labute approximate surface area is 282 Å². The van der Waals surface area contributed by atoms with Gasteiger partial charge in [0, 0.05) is 35.2 Å². The Morgan fingerprint density at radius 1 is 0.851 bits per heavy atom. The molecule has 2 amide bonds. The van der Waals surface area contributed by atoms with Crippen LogP contribution in [0.2, 0.25) is 0 Å². The molecule has 3 heterocycles. The van der Waals surface area contributed by atoms with Crippen molar-refractivity contribution in [2.45, 2.75) is 32.7 Å². The van der Waals surface area contributed by atoms with Gasteiger partial charge in [0.15, 0.2) is 0 Å². The van der Waals surface area contributed by atoms with Crippen molar-refractivity contribution in [1.82, 2.24) is 9.47 Å². The maximum absolute atomic E-state index is 13.7. The van der Waals surface area contributed by atoms with Gasteiger partial charge in [0.25, 0.3) is 11.8 Å². The zero-order valence-electron chi connectivity index (χ0n) is 25.3. The van der Waals surface area contributed by atoms with Gasteiger partial charge in [0.05, 0.1) is 38.4 Å². The fourth-order valence-electron chi connectivity index (χ4n) is 5.79. The quantitative estimate of drug-likeness (QED) is 0.0626. The van der Waals surface area contributed by atoms with Gasteiger partial charge in [-0.2, -0.15) is 0 Å². The minimum absolute atomic E-state index is 0.0603. The lowest BCUT2D eigenvalue weighted by Gasteiger charge is -2.15. The fourth-order valence-corrected chi connectivity index (χ4v) is 7.43. The second-order valence-corrected chi connectivity index (χ2v) is 13.4. The summed E-state index contributed by atoms with van der Waals surface area (Å²) in [6.07, 6.45) is 1.25. The van der Waals surface area contributed by atoms with Gasteiger partial charge in [-0.25, -0.2) is 4.79 Å². The average Bonchev–Trinajstić information content (AvgIpc) is 3.70. The van der Waals surface area contributed by atoms with Crippen LogP contribution in [-0.2, 0) is 22.5 Å². The summed E-state index contributed by atoms with van der Waals surface area (Å²) < 4.78 is 7.84. The molecule has 5 aromatic rings. The van der Waals surface area contributed by atoms with Crippen molar-refractivity contribution in [3.8, 4) is 11.3 Å². The van der Waals surface area contributed by atoms with Crippen molar-refractivity contribution >= 4 is 67.7 Å². The molecule has 0 bridgehead atoms. The Hall–Kier alpha value is -4.87. The SMILES string of the molecule is CCOC(=O)Cc1cc(C(=O)c2ccc3cc(-c4ccc(C(=O)O)cc4)n(CCCCN4C(=O)c5ccccc5C4=O)c3c2)sc1Br. The van der Waals surface area contributed by atoms with E-state index in [-0.39, 0.29) is 48.7 Å². The number of aromatic carboxylic acids is 1. The summed E-state index contributed by atoms with van der Waals surface area (Å²) in [5, 5.41) is 10.3. The number of fused-ring (bicyclic) bond motifs is 2. The highest BCUT2D eigenvalue weighted by molar-refractivity contribution is 9.11. The van der Waals surface area contributed by atoms with E-state index >= 15 is 0 Å². The average molecular weight is 714 g/mol. The standard InChI is InChI=1S/C36H29BrN2O7S/c1-2-46-31(40)20-25-19-30(47-33(25)37)32(41)24-14-13-23-17-28(21-9-11-22(12-10-21)36(44)45)38(29(23)18-24)15-5-6-16-39-34(42)26-7-3-4-8-27(26)35(39)43/h3-4,7-14,17-19H,2,5-6,15-16,20H2,1H3,(H,44,45). The second-order valence-electron chi connectivity index (χ2n) is 11.1. The van der Waals surface area contributed by atoms with Gasteiger partial charge >= 0.3 is 11.9 Å². The van der Waals surface area contributed by atoms with E-state index in [1.165, 1.54) is 16.2 Å². The van der Waals surface area contributed by atoms with Crippen LogP contribution in [0, 0.1) is 0 Å². The van der Waals surface area contributed by atoms with Crippen molar-refractivity contribution in [1.29, 1.82) is 0 Å². The van der Waals surface area contributed by atoms with Gasteiger partial charge in [-0.05, 0) is 89.3 Å². The van der Waals surface area contributed by atoms with Crippen molar-refractivity contribution in [3.05, 3.63) is 115 Å². The summed E-state index contributed by atoms with van der Waals surface area (Å²) in [5.41, 5.74) is 4.65. The number of thiophene rings is 1. The number of carboxylic acid groups (broad SMARTS) is 1. The third-order valence-electron chi connectivity index (χ3n) is 8.11. The van der Waals surface area contributed by atoms with E-state index in [1.807, 2.05) is 18.2 Å². The number of unbranched alkanes of at least 4 members (excludes halogenated alkanes) is 1. The number of halogens is 1. The van der Waals surface area contributed by atoms with Crippen LogP contribution in [0.3, 0.4) is 0 Å². The number of carbonyl (C=O) groups is 5. The van der Waals surface area contributed by atoms with Crippen LogP contribution in [0.5, 0.6) is 0 Å². The van der Waals surface area contributed by atoms with Crippen LogP contribution >= 0.6 is 27.3 Å². The van der Waals surface area contributed by atoms with Crippen LogP contribution in [0.4, 0.5) is 0 Å². The number of carboxylic acids is 1. The highest BCUT2D eigenvalue weighted by Gasteiger charge is 2.34. The second kappa shape index (κ2) is 13.5. The van der Waals surface area contributed by atoms with E-state index in [9.17, 15) is 29.1 Å². The Bertz CT molecular complexity index is 2030. The molecule has 238 valence electrons. The summed E-state index contributed by atoms with van der Waals surface area (Å²) in [6.45, 7) is 2.82. The largest absolute Gasteiger partial charge is 0.478 e. The molecule has 0 saturated heterocycles. The molecule has 0 spiro atoms. The zero-order valence-corrected chi connectivity index (χ0v) is 27.7. The zero-order chi connectivity index (χ0) is 33.2. The van der Waals surface area contributed by atoms with Crippen molar-refractivity contribution < 1.29 is 33.8 Å². The van der Waals surface area contributed by atoms with Gasteiger partial charge in [-0.3, -0.25) is 24.1 Å². The molecule has 0 radical (unpaired) electrons. The van der Waals surface area contributed by atoms with Gasteiger partial charge in [0.1, 0.15) is 0 Å². The first-order chi connectivity index (χ1) is 22.7. The molecule has 0 fully saturated rings. The molecule has 3 aromatic carbocycles. The van der Waals surface area contributed by atoms with E-state index in [4.69, 9.17) is 4.74 Å². The van der Waals surface area contributed by atoms with E-state index < -0.39 is 5.97 Å². The van der Waals surface area contributed by atoms with Gasteiger partial charge in [0.2, 0.25) is 5.78 Å². The van der Waals surface area contributed by atoms with Crippen LogP contribution in [0.25, 0.3) is 22.2 Å². The number of carbonyl (C=O) groups excluding carboxylic acids is 4. The lowest BCUT2D eigenvalue weighted by atomic mass is 10.1. The molecule has 11 heteroatoms. The number of aryl methyl sites for hydroxylation is 1. The number of nitrogens with zero attached hydrogens (tertiary/aromatic N) is 2. The summed E-state index contributed by atoms with van der Waals surface area (Å²) in [4.78, 5) is 64.6. The summed E-state index contributed by atoms with van der Waals surface area (Å²) in [6, 6.07) is 22.7. The first-order valence-electron chi connectivity index (χ1n) is 15.1. The maximum atomic E-state index is 13.7. The monoisotopic (exact) mass is 712 g/mol. The van der Waals surface area contributed by atoms with Crippen LogP contribution in [0.1, 0.15) is 71.6 Å². The number of benzene rings is 3.